The Morgan fingerprint density at radius 3 is 2.86 bits per heavy atom. The van der Waals surface area contributed by atoms with Crippen molar-refractivity contribution in [3.8, 4) is 0 Å². The lowest BCUT2D eigenvalue weighted by molar-refractivity contribution is -0.139. The Balaban J connectivity index is 2.13. The maximum absolute atomic E-state index is 11.2. The van der Waals surface area contributed by atoms with Crippen LogP contribution in [0.1, 0.15) is 5.56 Å². The van der Waals surface area contributed by atoms with Crippen LogP contribution in [0.3, 0.4) is 0 Å². The van der Waals surface area contributed by atoms with Crippen LogP contribution in [0, 0.1) is 6.92 Å². The molecule has 1 fully saturated rings. The van der Waals surface area contributed by atoms with Crippen molar-refractivity contribution < 1.29 is 9.53 Å². The Kier molecular flexibility index (Phi) is 2.15. The monoisotopic (exact) mass is 191 g/mol. The molecule has 0 saturated carbocycles. The van der Waals surface area contributed by atoms with Gasteiger partial charge < -0.3 is 9.64 Å². The third-order valence-corrected chi connectivity index (χ3v) is 2.51. The molecule has 1 heterocycles. The highest BCUT2D eigenvalue weighted by Gasteiger charge is 2.41. The van der Waals surface area contributed by atoms with Crippen LogP contribution in [0.25, 0.3) is 0 Å². The lowest BCUT2D eigenvalue weighted by atomic mass is 10.2. The van der Waals surface area contributed by atoms with E-state index in [0.717, 1.165) is 12.2 Å². The number of anilines is 1. The Bertz CT molecular complexity index is 362. The molecule has 0 aliphatic carbocycles. The zero-order valence-electron chi connectivity index (χ0n) is 8.36. The largest absolute Gasteiger partial charge is 0.467 e. The third kappa shape index (κ3) is 1.45. The number of para-hydroxylation sites is 1. The number of esters is 1. The van der Waals surface area contributed by atoms with Crippen LogP contribution in [0.5, 0.6) is 0 Å². The number of ether oxygens (including phenoxy) is 1. The summed E-state index contributed by atoms with van der Waals surface area (Å²) >= 11 is 0. The molecule has 1 unspecified atom stereocenters. The summed E-state index contributed by atoms with van der Waals surface area (Å²) in [6.45, 7) is 2.82. The number of carbonyl (C=O) groups is 1. The van der Waals surface area contributed by atoms with Gasteiger partial charge in [-0.1, -0.05) is 18.2 Å². The van der Waals surface area contributed by atoms with Crippen LogP contribution >= 0.6 is 0 Å². The Morgan fingerprint density at radius 2 is 2.21 bits per heavy atom. The average molecular weight is 191 g/mol. The van der Waals surface area contributed by atoms with Gasteiger partial charge in [-0.15, -0.1) is 0 Å². The number of aryl methyl sites for hydroxylation is 1. The topological polar surface area (TPSA) is 29.3 Å². The number of benzene rings is 1. The van der Waals surface area contributed by atoms with E-state index in [4.69, 9.17) is 0 Å². The van der Waals surface area contributed by atoms with Gasteiger partial charge in [0.1, 0.15) is 6.04 Å². The minimum Gasteiger partial charge on any atom is -0.467 e. The van der Waals surface area contributed by atoms with Crippen LogP contribution < -0.4 is 4.90 Å². The van der Waals surface area contributed by atoms with Gasteiger partial charge in [0.05, 0.1) is 13.7 Å². The van der Waals surface area contributed by atoms with Crippen LogP contribution in [0.4, 0.5) is 5.69 Å². The fourth-order valence-corrected chi connectivity index (χ4v) is 1.63. The minimum absolute atomic E-state index is 0.0684. The van der Waals surface area contributed by atoms with Crippen molar-refractivity contribution in [2.45, 2.75) is 13.0 Å². The van der Waals surface area contributed by atoms with Crippen molar-refractivity contribution in [1.82, 2.24) is 0 Å². The van der Waals surface area contributed by atoms with E-state index in [1.807, 2.05) is 36.1 Å². The molecule has 0 spiro atoms. The summed E-state index contributed by atoms with van der Waals surface area (Å²) in [6, 6.07) is 7.98. The number of rotatable bonds is 2. The fourth-order valence-electron chi connectivity index (χ4n) is 1.63. The highest BCUT2D eigenvalue weighted by atomic mass is 16.5. The Hall–Kier alpha value is -1.51. The molecule has 0 bridgehead atoms. The van der Waals surface area contributed by atoms with Gasteiger partial charge >= 0.3 is 5.97 Å². The predicted octanol–water partition coefficient (Wildman–Crippen LogP) is 1.36. The summed E-state index contributed by atoms with van der Waals surface area (Å²) in [5.74, 6) is -0.145. The summed E-state index contributed by atoms with van der Waals surface area (Å²) in [5, 5.41) is 0. The number of hydrogen-bond donors (Lipinski definition) is 0. The zero-order chi connectivity index (χ0) is 10.1. The molecule has 74 valence electrons. The van der Waals surface area contributed by atoms with E-state index in [9.17, 15) is 4.79 Å². The van der Waals surface area contributed by atoms with Gasteiger partial charge in [-0.25, -0.2) is 4.79 Å². The first-order valence-corrected chi connectivity index (χ1v) is 4.64. The van der Waals surface area contributed by atoms with Gasteiger partial charge in [-0.3, -0.25) is 0 Å². The summed E-state index contributed by atoms with van der Waals surface area (Å²) in [6.07, 6.45) is 0. The lowest BCUT2D eigenvalue weighted by Gasteiger charge is -2.07. The summed E-state index contributed by atoms with van der Waals surface area (Å²) in [4.78, 5) is 13.2. The molecule has 3 heteroatoms. The normalized spacial score (nSPS) is 19.3. The van der Waals surface area contributed by atoms with Crippen molar-refractivity contribution >= 4 is 11.7 Å². The molecule has 1 aromatic carbocycles. The van der Waals surface area contributed by atoms with Crippen molar-refractivity contribution in [3.63, 3.8) is 0 Å². The fraction of sp³-hybridized carbons (Fsp3) is 0.364. The van der Waals surface area contributed by atoms with Crippen molar-refractivity contribution in [1.29, 1.82) is 0 Å². The number of carbonyl (C=O) groups excluding carboxylic acids is 1. The standard InChI is InChI=1S/C11H13NO2/c1-8-5-3-4-6-9(8)12-7-10(12)11(13)14-2/h3-6,10H,7H2,1-2H3. The molecule has 1 aromatic rings. The molecule has 1 atom stereocenters. The SMILES string of the molecule is COC(=O)C1CN1c1ccccc1C. The van der Waals surface area contributed by atoms with Gasteiger partial charge in [0.15, 0.2) is 0 Å². The number of hydrogen-bond acceptors (Lipinski definition) is 3. The van der Waals surface area contributed by atoms with Gasteiger partial charge in [0, 0.05) is 5.69 Å². The molecule has 3 nitrogen and oxygen atoms in total. The van der Waals surface area contributed by atoms with E-state index in [1.54, 1.807) is 0 Å². The molecule has 0 amide bonds. The van der Waals surface area contributed by atoms with Crippen LogP contribution in [0.15, 0.2) is 24.3 Å². The Morgan fingerprint density at radius 1 is 1.50 bits per heavy atom. The van der Waals surface area contributed by atoms with Gasteiger partial charge in [-0.05, 0) is 18.6 Å². The predicted molar refractivity (Wildman–Crippen MR) is 54.3 cm³/mol. The second-order valence-electron chi connectivity index (χ2n) is 3.48. The molecule has 1 saturated heterocycles. The zero-order valence-corrected chi connectivity index (χ0v) is 8.36. The first kappa shape index (κ1) is 9.06. The van der Waals surface area contributed by atoms with Crippen LogP contribution in [-0.2, 0) is 9.53 Å². The summed E-state index contributed by atoms with van der Waals surface area (Å²) in [5.41, 5.74) is 2.32. The second kappa shape index (κ2) is 3.33. The van der Waals surface area contributed by atoms with E-state index in [1.165, 1.54) is 12.7 Å². The minimum atomic E-state index is -0.145. The van der Waals surface area contributed by atoms with E-state index >= 15 is 0 Å². The van der Waals surface area contributed by atoms with E-state index in [2.05, 4.69) is 4.74 Å². The summed E-state index contributed by atoms with van der Waals surface area (Å²) in [7, 11) is 1.43. The third-order valence-electron chi connectivity index (χ3n) is 2.51. The van der Waals surface area contributed by atoms with Gasteiger partial charge in [0.2, 0.25) is 0 Å². The van der Waals surface area contributed by atoms with Crippen molar-refractivity contribution in [2.75, 3.05) is 18.6 Å². The first-order chi connectivity index (χ1) is 6.74. The molecule has 14 heavy (non-hydrogen) atoms. The van der Waals surface area contributed by atoms with Gasteiger partial charge in [0.25, 0.3) is 0 Å². The molecule has 1 aliphatic rings. The number of methoxy groups -OCH3 is 1. The quantitative estimate of drug-likeness (QED) is 0.522. The highest BCUT2D eigenvalue weighted by molar-refractivity contribution is 5.86. The molecule has 1 aliphatic heterocycles. The van der Waals surface area contributed by atoms with Crippen LogP contribution in [-0.4, -0.2) is 25.7 Å². The second-order valence-corrected chi connectivity index (χ2v) is 3.48. The maximum atomic E-state index is 11.2. The lowest BCUT2D eigenvalue weighted by Crippen LogP contribution is -2.14. The van der Waals surface area contributed by atoms with Gasteiger partial charge in [-0.2, -0.15) is 0 Å². The van der Waals surface area contributed by atoms with E-state index in [0.29, 0.717) is 0 Å². The first-order valence-electron chi connectivity index (χ1n) is 4.64. The van der Waals surface area contributed by atoms with Crippen molar-refractivity contribution in [3.05, 3.63) is 29.8 Å². The molecule has 0 aromatic heterocycles. The van der Waals surface area contributed by atoms with Crippen LogP contribution in [0.2, 0.25) is 0 Å². The smallest absolute Gasteiger partial charge is 0.330 e. The molecule has 2 rings (SSSR count). The molecular weight excluding hydrogens is 178 g/mol. The van der Waals surface area contributed by atoms with Crippen molar-refractivity contribution in [2.24, 2.45) is 0 Å². The molecular formula is C11H13NO2. The summed E-state index contributed by atoms with van der Waals surface area (Å²) < 4.78 is 4.69. The molecule has 0 radical (unpaired) electrons. The van der Waals surface area contributed by atoms with E-state index in [-0.39, 0.29) is 12.0 Å². The maximum Gasteiger partial charge on any atom is 0.330 e. The highest BCUT2D eigenvalue weighted by Crippen LogP contribution is 2.30. The number of nitrogens with zero attached hydrogens (tertiary/aromatic N) is 1. The average Bonchev–Trinajstić information content (AvgIpc) is 2.97. The van der Waals surface area contributed by atoms with E-state index < -0.39 is 0 Å². The Labute approximate surface area is 83.3 Å². The molecule has 0 N–H and O–H groups in total.